The number of phenols is 1. The molecule has 3 rings (SSSR count). The highest BCUT2D eigenvalue weighted by molar-refractivity contribution is 5.80. The molecule has 1 amide bonds. The van der Waals surface area contributed by atoms with Crippen LogP contribution in [0.5, 0.6) is 5.75 Å². The van der Waals surface area contributed by atoms with E-state index in [9.17, 15) is 9.90 Å². The topological polar surface area (TPSA) is 52.6 Å². The van der Waals surface area contributed by atoms with E-state index in [0.717, 1.165) is 25.2 Å². The summed E-state index contributed by atoms with van der Waals surface area (Å²) in [5, 5.41) is 13.1. The lowest BCUT2D eigenvalue weighted by Gasteiger charge is -2.24. The van der Waals surface area contributed by atoms with Crippen LogP contribution < -0.4 is 5.32 Å². The predicted molar refractivity (Wildman–Crippen MR) is 72.8 cm³/mol. The second kappa shape index (κ2) is 4.85. The molecular weight excluding hydrogens is 240 g/mol. The predicted octanol–water partition coefficient (Wildman–Crippen LogP) is 1.00. The lowest BCUT2D eigenvalue weighted by atomic mass is 9.95. The molecule has 2 aliphatic rings. The number of benzene rings is 1. The molecule has 2 N–H and O–H groups in total. The van der Waals surface area contributed by atoms with E-state index in [1.165, 1.54) is 0 Å². The van der Waals surface area contributed by atoms with E-state index in [2.05, 4.69) is 12.2 Å². The summed E-state index contributed by atoms with van der Waals surface area (Å²) in [6.07, 6.45) is 0.296. The van der Waals surface area contributed by atoms with Crippen LogP contribution in [-0.4, -0.2) is 41.6 Å². The quantitative estimate of drug-likeness (QED) is 0.834. The van der Waals surface area contributed by atoms with Gasteiger partial charge in [0.05, 0.1) is 6.42 Å². The maximum atomic E-state index is 12.4. The molecule has 2 fully saturated rings. The zero-order chi connectivity index (χ0) is 13.4. The van der Waals surface area contributed by atoms with Crippen LogP contribution in [0.3, 0.4) is 0 Å². The molecule has 0 spiro atoms. The molecule has 0 radical (unpaired) electrons. The minimum absolute atomic E-state index is 0.128. The van der Waals surface area contributed by atoms with Gasteiger partial charge in [-0.05, 0) is 24.8 Å². The van der Waals surface area contributed by atoms with E-state index < -0.39 is 0 Å². The van der Waals surface area contributed by atoms with Crippen molar-refractivity contribution >= 4 is 5.91 Å². The Morgan fingerprint density at radius 3 is 2.95 bits per heavy atom. The highest BCUT2D eigenvalue weighted by Gasteiger charge is 2.43. The van der Waals surface area contributed by atoms with Gasteiger partial charge in [0.15, 0.2) is 0 Å². The third-order valence-corrected chi connectivity index (χ3v) is 4.59. The number of nitrogens with zero attached hydrogens (tertiary/aromatic N) is 1. The molecule has 0 aromatic heterocycles. The van der Waals surface area contributed by atoms with Gasteiger partial charge in [0, 0.05) is 31.2 Å². The SMILES string of the molecule is CC1C2CNCC2CN1C(=O)Cc1ccccc1O. The van der Waals surface area contributed by atoms with Gasteiger partial charge in [-0.1, -0.05) is 18.2 Å². The van der Waals surface area contributed by atoms with Crippen LogP contribution in [0.15, 0.2) is 24.3 Å². The summed E-state index contributed by atoms with van der Waals surface area (Å²) in [7, 11) is 0. The van der Waals surface area contributed by atoms with E-state index >= 15 is 0 Å². The fourth-order valence-electron chi connectivity index (χ4n) is 3.42. The monoisotopic (exact) mass is 260 g/mol. The molecular formula is C15H20N2O2. The lowest BCUT2D eigenvalue weighted by Crippen LogP contribution is -2.38. The van der Waals surface area contributed by atoms with E-state index in [0.29, 0.717) is 24.3 Å². The Morgan fingerprint density at radius 2 is 2.21 bits per heavy atom. The maximum absolute atomic E-state index is 12.4. The number of aromatic hydroxyl groups is 1. The molecule has 3 unspecified atom stereocenters. The molecule has 2 saturated heterocycles. The zero-order valence-corrected chi connectivity index (χ0v) is 11.2. The average molecular weight is 260 g/mol. The number of fused-ring (bicyclic) bond motifs is 1. The van der Waals surface area contributed by atoms with Crippen LogP contribution >= 0.6 is 0 Å². The summed E-state index contributed by atoms with van der Waals surface area (Å²) in [5.74, 6) is 1.53. The van der Waals surface area contributed by atoms with Crippen molar-refractivity contribution in [2.24, 2.45) is 11.8 Å². The van der Waals surface area contributed by atoms with Crippen molar-refractivity contribution in [1.29, 1.82) is 0 Å². The molecule has 19 heavy (non-hydrogen) atoms. The van der Waals surface area contributed by atoms with Crippen LogP contribution in [0.4, 0.5) is 0 Å². The number of nitrogens with one attached hydrogen (secondary N) is 1. The first-order valence-corrected chi connectivity index (χ1v) is 6.94. The van der Waals surface area contributed by atoms with Crippen LogP contribution in [0.2, 0.25) is 0 Å². The van der Waals surface area contributed by atoms with Gasteiger partial charge in [0.2, 0.25) is 5.91 Å². The Labute approximate surface area is 113 Å². The second-order valence-electron chi connectivity index (χ2n) is 5.67. The number of carbonyl (C=O) groups is 1. The fraction of sp³-hybridized carbons (Fsp3) is 0.533. The Bertz CT molecular complexity index is 489. The average Bonchev–Trinajstić information content (AvgIpc) is 2.96. The maximum Gasteiger partial charge on any atom is 0.227 e. The molecule has 0 saturated carbocycles. The summed E-state index contributed by atoms with van der Waals surface area (Å²) in [6, 6.07) is 7.38. The first-order valence-electron chi connectivity index (χ1n) is 6.94. The number of para-hydroxylation sites is 1. The number of hydrogen-bond donors (Lipinski definition) is 2. The molecule has 0 bridgehead atoms. The van der Waals surface area contributed by atoms with Gasteiger partial charge in [-0.3, -0.25) is 4.79 Å². The summed E-state index contributed by atoms with van der Waals surface area (Å²) in [4.78, 5) is 14.4. The minimum Gasteiger partial charge on any atom is -0.508 e. The minimum atomic E-state index is 0.128. The molecule has 102 valence electrons. The number of hydrogen-bond acceptors (Lipinski definition) is 3. The van der Waals surface area contributed by atoms with Gasteiger partial charge >= 0.3 is 0 Å². The van der Waals surface area contributed by atoms with E-state index in [1.807, 2.05) is 17.0 Å². The third kappa shape index (κ3) is 2.21. The molecule has 4 heteroatoms. The van der Waals surface area contributed by atoms with E-state index in [1.54, 1.807) is 12.1 Å². The third-order valence-electron chi connectivity index (χ3n) is 4.59. The number of likely N-dealkylation sites (tertiary alicyclic amines) is 1. The van der Waals surface area contributed by atoms with Crippen molar-refractivity contribution in [2.75, 3.05) is 19.6 Å². The van der Waals surface area contributed by atoms with Crippen LogP contribution in [0.1, 0.15) is 12.5 Å². The van der Waals surface area contributed by atoms with Crippen molar-refractivity contribution < 1.29 is 9.90 Å². The zero-order valence-electron chi connectivity index (χ0n) is 11.2. The summed E-state index contributed by atoms with van der Waals surface area (Å²) >= 11 is 0. The first-order chi connectivity index (χ1) is 9.16. The number of phenolic OH excluding ortho intramolecular Hbond substituents is 1. The summed E-state index contributed by atoms with van der Waals surface area (Å²) < 4.78 is 0. The molecule has 0 aliphatic carbocycles. The molecule has 2 heterocycles. The Morgan fingerprint density at radius 1 is 1.42 bits per heavy atom. The summed E-state index contributed by atoms with van der Waals surface area (Å²) in [5.41, 5.74) is 0.717. The number of carbonyl (C=O) groups excluding carboxylic acids is 1. The van der Waals surface area contributed by atoms with Gasteiger partial charge < -0.3 is 15.3 Å². The van der Waals surface area contributed by atoms with Gasteiger partial charge in [-0.2, -0.15) is 0 Å². The molecule has 4 nitrogen and oxygen atoms in total. The largest absolute Gasteiger partial charge is 0.508 e. The molecule has 1 aromatic carbocycles. The van der Waals surface area contributed by atoms with E-state index in [4.69, 9.17) is 0 Å². The molecule has 2 aliphatic heterocycles. The number of amides is 1. The van der Waals surface area contributed by atoms with Gasteiger partial charge in [0.1, 0.15) is 5.75 Å². The van der Waals surface area contributed by atoms with Gasteiger partial charge in [0.25, 0.3) is 0 Å². The fourth-order valence-corrected chi connectivity index (χ4v) is 3.42. The Balaban J connectivity index is 1.70. The van der Waals surface area contributed by atoms with Crippen molar-refractivity contribution in [3.63, 3.8) is 0 Å². The number of rotatable bonds is 2. The van der Waals surface area contributed by atoms with Gasteiger partial charge in [-0.25, -0.2) is 0 Å². The molecule has 1 aromatic rings. The molecule has 3 atom stereocenters. The Kier molecular flexibility index (Phi) is 3.19. The van der Waals surface area contributed by atoms with Crippen molar-refractivity contribution in [2.45, 2.75) is 19.4 Å². The van der Waals surface area contributed by atoms with E-state index in [-0.39, 0.29) is 11.7 Å². The van der Waals surface area contributed by atoms with Crippen molar-refractivity contribution in [3.8, 4) is 5.75 Å². The van der Waals surface area contributed by atoms with Crippen LogP contribution in [-0.2, 0) is 11.2 Å². The highest BCUT2D eigenvalue weighted by Crippen LogP contribution is 2.32. The summed E-state index contributed by atoms with van der Waals surface area (Å²) in [6.45, 7) is 5.03. The van der Waals surface area contributed by atoms with Crippen LogP contribution in [0.25, 0.3) is 0 Å². The smallest absolute Gasteiger partial charge is 0.227 e. The van der Waals surface area contributed by atoms with Crippen molar-refractivity contribution in [1.82, 2.24) is 10.2 Å². The standard InChI is InChI=1S/C15H20N2O2/c1-10-13-8-16-7-12(13)9-17(10)15(19)6-11-4-2-3-5-14(11)18/h2-5,10,12-13,16,18H,6-9H2,1H3. The second-order valence-corrected chi connectivity index (χ2v) is 5.67. The Hall–Kier alpha value is -1.55. The van der Waals surface area contributed by atoms with Crippen LogP contribution in [0, 0.1) is 11.8 Å². The normalized spacial score (nSPS) is 29.5. The van der Waals surface area contributed by atoms with Crippen molar-refractivity contribution in [3.05, 3.63) is 29.8 Å². The first kappa shape index (κ1) is 12.5. The lowest BCUT2D eigenvalue weighted by molar-refractivity contribution is -0.131. The highest BCUT2D eigenvalue weighted by atomic mass is 16.3. The van der Waals surface area contributed by atoms with Gasteiger partial charge in [-0.15, -0.1) is 0 Å².